The van der Waals surface area contributed by atoms with E-state index >= 15 is 0 Å². The Hall–Kier alpha value is -1.10. The van der Waals surface area contributed by atoms with Crippen LogP contribution >= 0.6 is 0 Å². The van der Waals surface area contributed by atoms with E-state index in [0.717, 1.165) is 0 Å². The van der Waals surface area contributed by atoms with Crippen molar-refractivity contribution in [1.82, 2.24) is 5.32 Å². The van der Waals surface area contributed by atoms with Gasteiger partial charge in [0.2, 0.25) is 5.91 Å². The van der Waals surface area contributed by atoms with Gasteiger partial charge in [-0.3, -0.25) is 9.59 Å². The summed E-state index contributed by atoms with van der Waals surface area (Å²) in [4.78, 5) is 21.5. The summed E-state index contributed by atoms with van der Waals surface area (Å²) in [6.07, 6.45) is 0. The fraction of sp³-hybridized carbons (Fsp3) is 0.750. The first-order chi connectivity index (χ1) is 5.85. The van der Waals surface area contributed by atoms with Crippen molar-refractivity contribution >= 4 is 11.9 Å². The molecule has 0 unspecified atom stereocenters. The van der Waals surface area contributed by atoms with Crippen LogP contribution in [0.1, 0.15) is 20.8 Å². The van der Waals surface area contributed by atoms with E-state index in [-0.39, 0.29) is 6.54 Å². The first kappa shape index (κ1) is 11.9. The molecule has 0 aromatic heterocycles. The summed E-state index contributed by atoms with van der Waals surface area (Å²) in [5.41, 5.74) is -0.555. The van der Waals surface area contributed by atoms with Crippen molar-refractivity contribution in [3.63, 3.8) is 0 Å². The van der Waals surface area contributed by atoms with Crippen molar-refractivity contribution in [2.45, 2.75) is 26.4 Å². The van der Waals surface area contributed by atoms with Gasteiger partial charge >= 0.3 is 5.97 Å². The Morgan fingerprint density at radius 1 is 1.38 bits per heavy atom. The van der Waals surface area contributed by atoms with Crippen LogP contribution in [0.15, 0.2) is 0 Å². The van der Waals surface area contributed by atoms with E-state index in [9.17, 15) is 9.59 Å². The van der Waals surface area contributed by atoms with Gasteiger partial charge in [-0.25, -0.2) is 0 Å². The number of aliphatic hydroxyl groups is 1. The molecule has 1 amide bonds. The average Bonchev–Trinajstić information content (AvgIpc) is 1.97. The Morgan fingerprint density at radius 3 is 2.31 bits per heavy atom. The van der Waals surface area contributed by atoms with E-state index in [4.69, 9.17) is 9.84 Å². The molecule has 76 valence electrons. The summed E-state index contributed by atoms with van der Waals surface area (Å²) in [6, 6.07) is 0. The minimum absolute atomic E-state index is 0.212. The average molecular weight is 189 g/mol. The lowest BCUT2D eigenvalue weighted by molar-refractivity contribution is -0.154. The molecule has 5 heteroatoms. The van der Waals surface area contributed by atoms with Crippen molar-refractivity contribution in [2.75, 3.05) is 13.2 Å². The molecule has 13 heavy (non-hydrogen) atoms. The Labute approximate surface area is 77.1 Å². The summed E-state index contributed by atoms with van der Waals surface area (Å²) in [5.74, 6) is -1.11. The van der Waals surface area contributed by atoms with E-state index in [1.54, 1.807) is 20.8 Å². The zero-order valence-corrected chi connectivity index (χ0v) is 8.09. The number of nitrogens with one attached hydrogen (secondary N) is 1. The molecular formula is C8H15NO4. The van der Waals surface area contributed by atoms with Crippen molar-refractivity contribution in [3.8, 4) is 0 Å². The van der Waals surface area contributed by atoms with Gasteiger partial charge in [0.05, 0.1) is 0 Å². The number of hydrogen-bond donors (Lipinski definition) is 2. The molecule has 0 rings (SSSR count). The van der Waals surface area contributed by atoms with Gasteiger partial charge in [-0.1, -0.05) is 0 Å². The molecule has 2 N–H and O–H groups in total. The summed E-state index contributed by atoms with van der Waals surface area (Å²) >= 11 is 0. The highest BCUT2D eigenvalue weighted by Crippen LogP contribution is 2.05. The lowest BCUT2D eigenvalue weighted by atomic mass is 10.2. The number of aliphatic hydroxyl groups excluding tert-OH is 1. The number of hydrogen-bond acceptors (Lipinski definition) is 4. The number of rotatable bonds is 3. The minimum Gasteiger partial charge on any atom is -0.459 e. The highest BCUT2D eigenvalue weighted by molar-refractivity contribution is 5.82. The molecule has 0 bridgehead atoms. The molecule has 0 saturated carbocycles. The van der Waals surface area contributed by atoms with Crippen LogP contribution in [-0.2, 0) is 14.3 Å². The third-order valence-electron chi connectivity index (χ3n) is 0.994. The molecule has 0 aromatic carbocycles. The summed E-state index contributed by atoms with van der Waals surface area (Å²) in [5, 5.41) is 10.5. The highest BCUT2D eigenvalue weighted by Gasteiger charge is 2.16. The smallest absolute Gasteiger partial charge is 0.325 e. The van der Waals surface area contributed by atoms with Crippen LogP contribution < -0.4 is 5.32 Å². The summed E-state index contributed by atoms with van der Waals surface area (Å²) in [6.45, 7) is 4.37. The molecule has 0 aliphatic heterocycles. The molecular weight excluding hydrogens is 174 g/mol. The molecule has 0 saturated heterocycles. The molecule has 0 aliphatic carbocycles. The molecule has 0 spiro atoms. The van der Waals surface area contributed by atoms with Crippen molar-refractivity contribution in [2.24, 2.45) is 0 Å². The second-order valence-electron chi connectivity index (χ2n) is 3.52. The predicted molar refractivity (Wildman–Crippen MR) is 45.9 cm³/mol. The van der Waals surface area contributed by atoms with Gasteiger partial charge < -0.3 is 15.2 Å². The summed E-state index contributed by atoms with van der Waals surface area (Å²) < 4.78 is 4.90. The number of carbonyl (C=O) groups excluding carboxylic acids is 2. The van der Waals surface area contributed by atoms with E-state index < -0.39 is 24.1 Å². The molecule has 5 nitrogen and oxygen atoms in total. The topological polar surface area (TPSA) is 75.6 Å². The fourth-order valence-electron chi connectivity index (χ4n) is 0.604. The van der Waals surface area contributed by atoms with Gasteiger partial charge in [0, 0.05) is 0 Å². The van der Waals surface area contributed by atoms with Crippen LogP contribution in [0.5, 0.6) is 0 Å². The Bertz CT molecular complexity index is 195. The van der Waals surface area contributed by atoms with Crippen LogP contribution in [0.3, 0.4) is 0 Å². The van der Waals surface area contributed by atoms with Crippen LogP contribution in [0.2, 0.25) is 0 Å². The fourth-order valence-corrected chi connectivity index (χ4v) is 0.604. The van der Waals surface area contributed by atoms with Gasteiger partial charge in [0.15, 0.2) is 0 Å². The van der Waals surface area contributed by atoms with Gasteiger partial charge in [-0.15, -0.1) is 0 Å². The zero-order valence-electron chi connectivity index (χ0n) is 8.09. The van der Waals surface area contributed by atoms with Gasteiger partial charge in [0.1, 0.15) is 18.8 Å². The van der Waals surface area contributed by atoms with Crippen LogP contribution in [0.25, 0.3) is 0 Å². The van der Waals surface area contributed by atoms with Crippen LogP contribution in [0, 0.1) is 0 Å². The normalized spacial score (nSPS) is 10.8. The zero-order chi connectivity index (χ0) is 10.5. The number of amides is 1. The third kappa shape index (κ3) is 7.27. The Morgan fingerprint density at radius 2 is 1.92 bits per heavy atom. The SMILES string of the molecule is CC(C)(C)OC(=O)CNC(=O)CO. The maximum absolute atomic E-state index is 11.0. The standard InChI is InChI=1S/C8H15NO4/c1-8(2,3)13-7(12)4-9-6(11)5-10/h10H,4-5H2,1-3H3,(H,9,11). The number of ether oxygens (including phenoxy) is 1. The van der Waals surface area contributed by atoms with E-state index in [0.29, 0.717) is 0 Å². The maximum atomic E-state index is 11.0. The van der Waals surface area contributed by atoms with Crippen molar-refractivity contribution < 1.29 is 19.4 Å². The largest absolute Gasteiger partial charge is 0.459 e. The first-order valence-corrected chi connectivity index (χ1v) is 3.94. The van der Waals surface area contributed by atoms with E-state index in [1.165, 1.54) is 0 Å². The lowest BCUT2D eigenvalue weighted by Gasteiger charge is -2.19. The van der Waals surface area contributed by atoms with Crippen molar-refractivity contribution in [3.05, 3.63) is 0 Å². The quantitative estimate of drug-likeness (QED) is 0.583. The Kier molecular flexibility index (Phi) is 4.40. The number of esters is 1. The number of carbonyl (C=O) groups is 2. The minimum atomic E-state index is -0.622. The first-order valence-electron chi connectivity index (χ1n) is 3.94. The third-order valence-corrected chi connectivity index (χ3v) is 0.994. The van der Waals surface area contributed by atoms with E-state index in [2.05, 4.69) is 5.32 Å². The predicted octanol–water partition coefficient (Wildman–Crippen LogP) is -0.563. The second-order valence-corrected chi connectivity index (χ2v) is 3.52. The summed E-state index contributed by atoms with van der Waals surface area (Å²) in [7, 11) is 0. The van der Waals surface area contributed by atoms with E-state index in [1.807, 2.05) is 0 Å². The Balaban J connectivity index is 3.71. The second kappa shape index (κ2) is 4.81. The molecule has 0 radical (unpaired) electrons. The van der Waals surface area contributed by atoms with Gasteiger partial charge in [0.25, 0.3) is 0 Å². The van der Waals surface area contributed by atoms with Gasteiger partial charge in [-0.2, -0.15) is 0 Å². The van der Waals surface area contributed by atoms with Gasteiger partial charge in [-0.05, 0) is 20.8 Å². The monoisotopic (exact) mass is 189 g/mol. The molecule has 0 aromatic rings. The maximum Gasteiger partial charge on any atom is 0.325 e. The molecule has 0 atom stereocenters. The van der Waals surface area contributed by atoms with Crippen LogP contribution in [-0.4, -0.2) is 35.7 Å². The molecule has 0 fully saturated rings. The molecule has 0 aliphatic rings. The molecule has 0 heterocycles. The van der Waals surface area contributed by atoms with Crippen LogP contribution in [0.4, 0.5) is 0 Å². The van der Waals surface area contributed by atoms with Crippen molar-refractivity contribution in [1.29, 1.82) is 0 Å². The lowest BCUT2D eigenvalue weighted by Crippen LogP contribution is -2.35. The highest BCUT2D eigenvalue weighted by atomic mass is 16.6.